The van der Waals surface area contributed by atoms with Crippen LogP contribution in [0.1, 0.15) is 54.2 Å². The van der Waals surface area contributed by atoms with Crippen molar-refractivity contribution in [2.24, 2.45) is 0 Å². The normalized spacial score (nSPS) is 24.6. The van der Waals surface area contributed by atoms with Gasteiger partial charge in [-0.25, -0.2) is 9.59 Å². The molecule has 0 heterocycles. The Morgan fingerprint density at radius 1 is 1.17 bits per heavy atom. The van der Waals surface area contributed by atoms with E-state index in [1.165, 1.54) is 30.4 Å². The van der Waals surface area contributed by atoms with E-state index in [0.717, 1.165) is 11.1 Å². The van der Waals surface area contributed by atoms with E-state index in [1.54, 1.807) is 18.2 Å². The van der Waals surface area contributed by atoms with Gasteiger partial charge in [0.05, 0.1) is 5.57 Å². The lowest BCUT2D eigenvalue weighted by Crippen LogP contribution is -2.04. The summed E-state index contributed by atoms with van der Waals surface area (Å²) in [5.74, 6) is 2.23. The molecule has 0 unspecified atom stereocenters. The van der Waals surface area contributed by atoms with Crippen LogP contribution in [0.15, 0.2) is 53.6 Å². The van der Waals surface area contributed by atoms with Crippen molar-refractivity contribution in [2.75, 3.05) is 0 Å². The molecule has 3 heteroatoms. The highest BCUT2D eigenvalue weighted by molar-refractivity contribution is 6.16. The summed E-state index contributed by atoms with van der Waals surface area (Å²) < 4.78 is 0. The molecule has 0 amide bonds. The van der Waals surface area contributed by atoms with E-state index in [0.29, 0.717) is 29.4 Å². The summed E-state index contributed by atoms with van der Waals surface area (Å²) in [6.45, 7) is 0. The molecule has 1 aromatic carbocycles. The van der Waals surface area contributed by atoms with Crippen LogP contribution in [0.5, 0.6) is 0 Å². The van der Waals surface area contributed by atoms with Gasteiger partial charge in [-0.1, -0.05) is 30.4 Å². The number of allylic oxidation sites excluding steroid dienone is 6. The number of carbonyl (C=O) groups excluding carboxylic acids is 1. The van der Waals surface area contributed by atoms with Crippen molar-refractivity contribution in [3.05, 3.63) is 70.3 Å². The van der Waals surface area contributed by atoms with Gasteiger partial charge in [-0.05, 0) is 65.5 Å². The van der Waals surface area contributed by atoms with Gasteiger partial charge in [-0.2, -0.15) is 0 Å². The first-order valence-electron chi connectivity index (χ1n) is 8.37. The number of carboxylic acid groups (broad SMARTS) is 1. The van der Waals surface area contributed by atoms with Gasteiger partial charge in [0.2, 0.25) is 0 Å². The summed E-state index contributed by atoms with van der Waals surface area (Å²) in [5, 5.41) is 9.65. The highest BCUT2D eigenvalue weighted by atomic mass is 16.4. The molecular weight excluding hydrogens is 300 g/mol. The fourth-order valence-electron chi connectivity index (χ4n) is 4.19. The fourth-order valence-corrected chi connectivity index (χ4v) is 4.19. The molecule has 2 atom stereocenters. The maximum Gasteiger partial charge on any atom is 0.336 e. The standard InChI is InChI=1S/C21H18O3/c22-12-14-3-1-13(2-4-14)9-20(21(23)24)17-7-8-18-15-5-6-16(10-15)19(18)11-17/h1-3,7-9,11,15-16H,4-6,10H2,(H,23,24)/t15-,16-/m1/s1. The average molecular weight is 318 g/mol. The first-order valence-corrected chi connectivity index (χ1v) is 8.37. The third kappa shape index (κ3) is 2.47. The van der Waals surface area contributed by atoms with E-state index in [2.05, 4.69) is 12.1 Å². The van der Waals surface area contributed by atoms with Crippen molar-refractivity contribution in [1.82, 2.24) is 0 Å². The van der Waals surface area contributed by atoms with Crippen LogP contribution in [-0.4, -0.2) is 17.0 Å². The Morgan fingerprint density at radius 2 is 1.96 bits per heavy atom. The first kappa shape index (κ1) is 14.9. The van der Waals surface area contributed by atoms with Crippen molar-refractivity contribution < 1.29 is 14.7 Å². The number of hydrogen-bond donors (Lipinski definition) is 1. The summed E-state index contributed by atoms with van der Waals surface area (Å²) in [7, 11) is 0. The summed E-state index contributed by atoms with van der Waals surface area (Å²) in [4.78, 5) is 22.4. The van der Waals surface area contributed by atoms with E-state index in [-0.39, 0.29) is 0 Å². The summed E-state index contributed by atoms with van der Waals surface area (Å²) >= 11 is 0. The molecule has 2 bridgehead atoms. The summed E-state index contributed by atoms with van der Waals surface area (Å²) in [6, 6.07) is 6.12. The SMILES string of the molecule is O=C=C1C=CC(C=C(C(=O)O)c2ccc3c(c2)[C@@H]2CC[C@@H]3C2)=CC1. The lowest BCUT2D eigenvalue weighted by atomic mass is 9.88. The molecule has 3 nitrogen and oxygen atoms in total. The highest BCUT2D eigenvalue weighted by Gasteiger charge is 2.36. The van der Waals surface area contributed by atoms with Crippen molar-refractivity contribution in [3.63, 3.8) is 0 Å². The average Bonchev–Trinajstić information content (AvgIpc) is 3.22. The molecule has 0 spiro atoms. The summed E-state index contributed by atoms with van der Waals surface area (Å²) in [5.41, 5.74) is 5.22. The molecule has 3 aliphatic rings. The predicted octanol–water partition coefficient (Wildman–Crippen LogP) is 4.16. The van der Waals surface area contributed by atoms with Crippen molar-refractivity contribution >= 4 is 17.5 Å². The third-order valence-electron chi connectivity index (χ3n) is 5.42. The molecule has 1 N–H and O–H groups in total. The minimum absolute atomic E-state index is 0.301. The monoisotopic (exact) mass is 318 g/mol. The molecule has 120 valence electrons. The van der Waals surface area contributed by atoms with Gasteiger partial charge in [-0.15, -0.1) is 0 Å². The van der Waals surface area contributed by atoms with Crippen molar-refractivity contribution in [3.8, 4) is 0 Å². The minimum Gasteiger partial charge on any atom is -0.478 e. The molecule has 24 heavy (non-hydrogen) atoms. The quantitative estimate of drug-likeness (QED) is 0.672. The minimum atomic E-state index is -0.927. The number of rotatable bonds is 3. The Balaban J connectivity index is 1.70. The van der Waals surface area contributed by atoms with Crippen LogP contribution in [0.25, 0.3) is 5.57 Å². The topological polar surface area (TPSA) is 54.4 Å². The van der Waals surface area contributed by atoms with E-state index in [4.69, 9.17) is 0 Å². The first-order chi connectivity index (χ1) is 11.7. The zero-order chi connectivity index (χ0) is 16.7. The van der Waals surface area contributed by atoms with E-state index in [9.17, 15) is 14.7 Å². The highest BCUT2D eigenvalue weighted by Crippen LogP contribution is 2.53. The maximum atomic E-state index is 11.8. The smallest absolute Gasteiger partial charge is 0.336 e. The van der Waals surface area contributed by atoms with Crippen LogP contribution in [0, 0.1) is 0 Å². The van der Waals surface area contributed by atoms with E-state index >= 15 is 0 Å². The van der Waals surface area contributed by atoms with Gasteiger partial charge in [0, 0.05) is 12.0 Å². The Hall–Kier alpha value is -2.64. The van der Waals surface area contributed by atoms with Crippen LogP contribution in [-0.2, 0) is 9.59 Å². The molecule has 1 aromatic rings. The van der Waals surface area contributed by atoms with Gasteiger partial charge in [0.15, 0.2) is 0 Å². The molecule has 0 aromatic heterocycles. The zero-order valence-corrected chi connectivity index (χ0v) is 13.3. The zero-order valence-electron chi connectivity index (χ0n) is 13.3. The molecule has 0 radical (unpaired) electrons. The molecule has 3 aliphatic carbocycles. The third-order valence-corrected chi connectivity index (χ3v) is 5.42. The van der Waals surface area contributed by atoms with Crippen LogP contribution < -0.4 is 0 Å². The fraction of sp³-hybridized carbons (Fsp3) is 0.286. The van der Waals surface area contributed by atoms with Crippen molar-refractivity contribution in [2.45, 2.75) is 37.5 Å². The molecule has 4 rings (SSSR count). The van der Waals surface area contributed by atoms with Gasteiger partial charge in [0.1, 0.15) is 5.94 Å². The van der Waals surface area contributed by atoms with Crippen LogP contribution >= 0.6 is 0 Å². The van der Waals surface area contributed by atoms with Crippen LogP contribution in [0.3, 0.4) is 0 Å². The van der Waals surface area contributed by atoms with Gasteiger partial charge in [0.25, 0.3) is 0 Å². The number of hydrogen-bond acceptors (Lipinski definition) is 2. The number of aliphatic carboxylic acids is 1. The second-order valence-electron chi connectivity index (χ2n) is 6.78. The molecule has 0 aliphatic heterocycles. The summed E-state index contributed by atoms with van der Waals surface area (Å²) in [6.07, 6.45) is 11.2. The Labute approximate surface area is 140 Å². The van der Waals surface area contributed by atoms with Crippen LogP contribution in [0.2, 0.25) is 0 Å². The van der Waals surface area contributed by atoms with Crippen molar-refractivity contribution in [1.29, 1.82) is 0 Å². The Morgan fingerprint density at radius 3 is 2.62 bits per heavy atom. The Bertz CT molecular complexity index is 863. The van der Waals surface area contributed by atoms with Crippen LogP contribution in [0.4, 0.5) is 0 Å². The second kappa shape index (κ2) is 5.77. The lowest BCUT2D eigenvalue weighted by Gasteiger charge is -2.16. The van der Waals surface area contributed by atoms with Gasteiger partial charge >= 0.3 is 5.97 Å². The van der Waals surface area contributed by atoms with Gasteiger partial charge < -0.3 is 5.11 Å². The lowest BCUT2D eigenvalue weighted by molar-refractivity contribution is -0.130. The largest absolute Gasteiger partial charge is 0.478 e. The number of carbonyl (C=O) groups is 1. The molecular formula is C21H18O3. The number of carboxylic acids is 1. The van der Waals surface area contributed by atoms with E-state index in [1.807, 2.05) is 18.1 Å². The molecule has 1 saturated carbocycles. The predicted molar refractivity (Wildman–Crippen MR) is 92.4 cm³/mol. The number of benzene rings is 1. The van der Waals surface area contributed by atoms with E-state index < -0.39 is 5.97 Å². The Kier molecular flexibility index (Phi) is 3.59. The maximum absolute atomic E-state index is 11.8. The number of fused-ring (bicyclic) bond motifs is 5. The van der Waals surface area contributed by atoms with Gasteiger partial charge in [-0.3, -0.25) is 0 Å². The molecule has 1 fully saturated rings. The molecule has 0 saturated heterocycles. The second-order valence-corrected chi connectivity index (χ2v) is 6.78.